The van der Waals surface area contributed by atoms with Gasteiger partial charge in [0.05, 0.1) is 23.1 Å². The van der Waals surface area contributed by atoms with Crippen LogP contribution in [-0.4, -0.2) is 10.9 Å². The van der Waals surface area contributed by atoms with Gasteiger partial charge in [0.2, 0.25) is 0 Å². The molecule has 0 radical (unpaired) electrons. The number of nitrogens with one attached hydrogen (secondary N) is 1. The van der Waals surface area contributed by atoms with E-state index in [9.17, 15) is 4.79 Å². The second kappa shape index (κ2) is 6.19. The van der Waals surface area contributed by atoms with Crippen LogP contribution in [0, 0.1) is 6.92 Å². The lowest BCUT2D eigenvalue weighted by molar-refractivity contribution is 0.0950. The topological polar surface area (TPSA) is 68.0 Å². The van der Waals surface area contributed by atoms with Crippen molar-refractivity contribution in [2.24, 2.45) is 0 Å². The Balaban J connectivity index is 2.02. The third kappa shape index (κ3) is 3.35. The van der Waals surface area contributed by atoms with Crippen LogP contribution in [0.2, 0.25) is 0 Å². The van der Waals surface area contributed by atoms with Gasteiger partial charge in [0.1, 0.15) is 0 Å². The van der Waals surface area contributed by atoms with Gasteiger partial charge in [-0.05, 0) is 30.5 Å². The summed E-state index contributed by atoms with van der Waals surface area (Å²) in [6.07, 6.45) is 2.57. The first-order chi connectivity index (χ1) is 9.60. The van der Waals surface area contributed by atoms with Crippen molar-refractivity contribution >= 4 is 11.6 Å². The Labute approximate surface area is 119 Å². The Bertz CT molecular complexity index is 606. The first-order valence-corrected chi connectivity index (χ1v) is 6.68. The van der Waals surface area contributed by atoms with E-state index < -0.39 is 0 Å². The van der Waals surface area contributed by atoms with Crippen LogP contribution in [0.5, 0.6) is 0 Å². The minimum atomic E-state index is -0.151. The van der Waals surface area contributed by atoms with Crippen molar-refractivity contribution in [1.29, 1.82) is 0 Å². The second-order valence-corrected chi connectivity index (χ2v) is 4.75. The van der Waals surface area contributed by atoms with Gasteiger partial charge < -0.3 is 11.1 Å². The van der Waals surface area contributed by atoms with E-state index in [1.54, 1.807) is 19.2 Å². The van der Waals surface area contributed by atoms with Crippen molar-refractivity contribution in [2.45, 2.75) is 26.8 Å². The molecule has 0 saturated carbocycles. The molecule has 0 aliphatic rings. The van der Waals surface area contributed by atoms with Gasteiger partial charge in [0.25, 0.3) is 5.91 Å². The van der Waals surface area contributed by atoms with Gasteiger partial charge in [-0.25, -0.2) is 0 Å². The van der Waals surface area contributed by atoms with E-state index in [0.717, 1.165) is 12.0 Å². The van der Waals surface area contributed by atoms with Crippen molar-refractivity contribution in [3.05, 3.63) is 58.9 Å². The molecule has 4 nitrogen and oxygen atoms in total. The van der Waals surface area contributed by atoms with Crippen molar-refractivity contribution in [3.63, 3.8) is 0 Å². The van der Waals surface area contributed by atoms with Crippen LogP contribution in [0.1, 0.15) is 34.1 Å². The Morgan fingerprint density at radius 2 is 1.90 bits per heavy atom. The fourth-order valence-electron chi connectivity index (χ4n) is 1.95. The summed E-state index contributed by atoms with van der Waals surface area (Å²) < 4.78 is 0. The summed E-state index contributed by atoms with van der Waals surface area (Å²) in [7, 11) is 0. The molecular weight excluding hydrogens is 250 g/mol. The third-order valence-corrected chi connectivity index (χ3v) is 3.24. The Morgan fingerprint density at radius 3 is 2.55 bits per heavy atom. The van der Waals surface area contributed by atoms with Gasteiger partial charge in [0.15, 0.2) is 0 Å². The summed E-state index contributed by atoms with van der Waals surface area (Å²) >= 11 is 0. The molecule has 0 saturated heterocycles. The maximum absolute atomic E-state index is 12.1. The molecule has 104 valence electrons. The standard InChI is InChI=1S/C16H19N3O/c1-3-12-4-6-13(7-5-12)9-19-16(20)15-8-14(17)10-18-11(15)2/h4-8,10H,3,9,17H2,1-2H3,(H,19,20). The molecule has 1 heterocycles. The zero-order valence-electron chi connectivity index (χ0n) is 11.8. The van der Waals surface area contributed by atoms with Gasteiger partial charge >= 0.3 is 0 Å². The number of anilines is 1. The fraction of sp³-hybridized carbons (Fsp3) is 0.250. The number of rotatable bonds is 4. The van der Waals surface area contributed by atoms with Crippen LogP contribution in [0.4, 0.5) is 5.69 Å². The highest BCUT2D eigenvalue weighted by Gasteiger charge is 2.10. The van der Waals surface area contributed by atoms with Crippen LogP contribution < -0.4 is 11.1 Å². The van der Waals surface area contributed by atoms with Gasteiger partial charge in [-0.2, -0.15) is 0 Å². The van der Waals surface area contributed by atoms with Crippen LogP contribution in [-0.2, 0) is 13.0 Å². The number of amides is 1. The van der Waals surface area contributed by atoms with Crippen molar-refractivity contribution in [1.82, 2.24) is 10.3 Å². The van der Waals surface area contributed by atoms with Crippen LogP contribution in [0.25, 0.3) is 0 Å². The molecule has 0 aliphatic heterocycles. The monoisotopic (exact) mass is 269 g/mol. The van der Waals surface area contributed by atoms with E-state index in [1.165, 1.54) is 5.56 Å². The molecular formula is C16H19N3O. The number of nitrogens with zero attached hydrogens (tertiary/aromatic N) is 1. The molecule has 20 heavy (non-hydrogen) atoms. The SMILES string of the molecule is CCc1ccc(CNC(=O)c2cc(N)cnc2C)cc1. The lowest BCUT2D eigenvalue weighted by Crippen LogP contribution is -2.24. The first kappa shape index (κ1) is 14.1. The number of aryl methyl sites for hydroxylation is 2. The highest BCUT2D eigenvalue weighted by molar-refractivity contribution is 5.95. The maximum Gasteiger partial charge on any atom is 0.253 e. The lowest BCUT2D eigenvalue weighted by Gasteiger charge is -2.08. The molecule has 0 aliphatic carbocycles. The van der Waals surface area contributed by atoms with Crippen molar-refractivity contribution in [3.8, 4) is 0 Å². The Kier molecular flexibility index (Phi) is 4.35. The molecule has 2 rings (SSSR count). The average molecular weight is 269 g/mol. The fourth-order valence-corrected chi connectivity index (χ4v) is 1.95. The Morgan fingerprint density at radius 1 is 1.25 bits per heavy atom. The zero-order chi connectivity index (χ0) is 14.5. The molecule has 0 spiro atoms. The summed E-state index contributed by atoms with van der Waals surface area (Å²) in [4.78, 5) is 16.2. The minimum absolute atomic E-state index is 0.151. The van der Waals surface area contributed by atoms with E-state index in [1.807, 2.05) is 12.1 Å². The van der Waals surface area contributed by atoms with Crippen molar-refractivity contribution in [2.75, 3.05) is 5.73 Å². The van der Waals surface area contributed by atoms with Crippen LogP contribution in [0.3, 0.4) is 0 Å². The second-order valence-electron chi connectivity index (χ2n) is 4.75. The first-order valence-electron chi connectivity index (χ1n) is 6.68. The maximum atomic E-state index is 12.1. The smallest absolute Gasteiger partial charge is 0.253 e. The average Bonchev–Trinajstić information content (AvgIpc) is 2.47. The number of pyridine rings is 1. The van der Waals surface area contributed by atoms with Crippen LogP contribution >= 0.6 is 0 Å². The quantitative estimate of drug-likeness (QED) is 0.896. The number of hydrogen-bond acceptors (Lipinski definition) is 3. The number of aromatic nitrogens is 1. The molecule has 2 aromatic rings. The molecule has 0 unspecified atom stereocenters. The number of carbonyl (C=O) groups excluding carboxylic acids is 1. The number of nitrogens with two attached hydrogens (primary N) is 1. The summed E-state index contributed by atoms with van der Waals surface area (Å²) in [5, 5.41) is 2.89. The van der Waals surface area contributed by atoms with E-state index in [2.05, 4.69) is 29.4 Å². The highest BCUT2D eigenvalue weighted by atomic mass is 16.1. The van der Waals surface area contributed by atoms with E-state index in [-0.39, 0.29) is 5.91 Å². The van der Waals surface area contributed by atoms with Gasteiger partial charge in [-0.15, -0.1) is 0 Å². The number of carbonyl (C=O) groups is 1. The normalized spacial score (nSPS) is 10.3. The molecule has 1 amide bonds. The van der Waals surface area contributed by atoms with Gasteiger partial charge in [0, 0.05) is 6.54 Å². The molecule has 1 aromatic carbocycles. The summed E-state index contributed by atoms with van der Waals surface area (Å²) in [6.45, 7) is 4.41. The van der Waals surface area contributed by atoms with E-state index in [4.69, 9.17) is 5.73 Å². The van der Waals surface area contributed by atoms with Crippen LogP contribution in [0.15, 0.2) is 36.5 Å². The lowest BCUT2D eigenvalue weighted by atomic mass is 10.1. The molecule has 4 heteroatoms. The number of hydrogen-bond donors (Lipinski definition) is 2. The van der Waals surface area contributed by atoms with E-state index >= 15 is 0 Å². The summed E-state index contributed by atoms with van der Waals surface area (Å²) in [5.74, 6) is -0.151. The molecule has 3 N–H and O–H groups in total. The van der Waals surface area contributed by atoms with Gasteiger partial charge in [-0.1, -0.05) is 31.2 Å². The predicted octanol–water partition coefficient (Wildman–Crippen LogP) is 2.46. The predicted molar refractivity (Wildman–Crippen MR) is 80.4 cm³/mol. The van der Waals surface area contributed by atoms with Crippen molar-refractivity contribution < 1.29 is 4.79 Å². The van der Waals surface area contributed by atoms with E-state index in [0.29, 0.717) is 23.5 Å². The largest absolute Gasteiger partial charge is 0.397 e. The minimum Gasteiger partial charge on any atom is -0.397 e. The molecule has 0 atom stereocenters. The zero-order valence-corrected chi connectivity index (χ0v) is 11.8. The molecule has 1 aromatic heterocycles. The highest BCUT2D eigenvalue weighted by Crippen LogP contribution is 2.10. The molecule has 0 fully saturated rings. The van der Waals surface area contributed by atoms with Gasteiger partial charge in [-0.3, -0.25) is 9.78 Å². The Hall–Kier alpha value is -2.36. The third-order valence-electron chi connectivity index (χ3n) is 3.24. The summed E-state index contributed by atoms with van der Waals surface area (Å²) in [6, 6.07) is 9.87. The molecule has 0 bridgehead atoms. The number of benzene rings is 1. The number of nitrogen functional groups attached to an aromatic ring is 1. The summed E-state index contributed by atoms with van der Waals surface area (Å²) in [5.41, 5.74) is 9.72.